The van der Waals surface area contributed by atoms with Crippen molar-refractivity contribution in [1.82, 2.24) is 0 Å². The van der Waals surface area contributed by atoms with Crippen LogP contribution in [-0.2, 0) is 23.5 Å². The molecular weight excluding hydrogens is 408 g/mol. The Labute approximate surface area is 191 Å². The highest BCUT2D eigenvalue weighted by atomic mass is 28.4. The van der Waals surface area contributed by atoms with Gasteiger partial charge in [0, 0.05) is 18.4 Å². The number of hydrogen-bond donors (Lipinski definition) is 0. The number of rotatable bonds is 11. The van der Waals surface area contributed by atoms with Gasteiger partial charge in [-0.3, -0.25) is 0 Å². The minimum Gasteiger partial charge on any atom is -0.460 e. The molecule has 0 aromatic carbocycles. The third-order valence-electron chi connectivity index (χ3n) is 5.45. The molecule has 5 nitrogen and oxygen atoms in total. The minimum atomic E-state index is -2.14. The molecule has 0 amide bonds. The fraction of sp³-hybridized carbons (Fsp3) is 0.760. The molecule has 0 saturated heterocycles. The molecule has 0 aliphatic heterocycles. The summed E-state index contributed by atoms with van der Waals surface area (Å²) in [5.74, 6) is -0.532. The Hall–Kier alpha value is -1.40. The van der Waals surface area contributed by atoms with Crippen LogP contribution in [0, 0.1) is 11.8 Å². The van der Waals surface area contributed by atoms with Crippen molar-refractivity contribution in [1.29, 1.82) is 0 Å². The topological polar surface area (TPSA) is 61.8 Å². The van der Waals surface area contributed by atoms with Crippen LogP contribution < -0.4 is 0 Å². The first kappa shape index (κ1) is 29.6. The summed E-state index contributed by atoms with van der Waals surface area (Å²) >= 11 is 0. The molecule has 180 valence electrons. The van der Waals surface area contributed by atoms with E-state index in [1.54, 1.807) is 12.2 Å². The van der Waals surface area contributed by atoms with Gasteiger partial charge in [0.1, 0.15) is 17.8 Å². The summed E-state index contributed by atoms with van der Waals surface area (Å²) in [6.45, 7) is 26.1. The first-order valence-electron chi connectivity index (χ1n) is 11.3. The van der Waals surface area contributed by atoms with Crippen LogP contribution in [-0.4, -0.2) is 38.1 Å². The third-order valence-corrected chi connectivity index (χ3v) is 9.93. The maximum atomic E-state index is 13.1. The number of ether oxygens (including phenoxy) is 2. The van der Waals surface area contributed by atoms with Crippen LogP contribution in [0.1, 0.15) is 75.2 Å². The summed E-state index contributed by atoms with van der Waals surface area (Å²) < 4.78 is 17.6. The van der Waals surface area contributed by atoms with Crippen molar-refractivity contribution in [3.8, 4) is 0 Å². The van der Waals surface area contributed by atoms with Crippen LogP contribution in [0.4, 0.5) is 0 Å². The van der Waals surface area contributed by atoms with Gasteiger partial charge in [-0.1, -0.05) is 53.7 Å². The van der Waals surface area contributed by atoms with Crippen LogP contribution in [0.3, 0.4) is 0 Å². The van der Waals surface area contributed by atoms with Gasteiger partial charge in [0.15, 0.2) is 8.32 Å². The number of carbonyl (C=O) groups excluding carboxylic acids is 2. The lowest BCUT2D eigenvalue weighted by Gasteiger charge is -2.39. The maximum Gasteiger partial charge on any atom is 0.334 e. The molecule has 0 aliphatic carbocycles. The molecule has 0 aromatic heterocycles. The van der Waals surface area contributed by atoms with Crippen molar-refractivity contribution in [2.24, 2.45) is 11.8 Å². The summed E-state index contributed by atoms with van der Waals surface area (Å²) in [6, 6.07) is 0. The van der Waals surface area contributed by atoms with Gasteiger partial charge >= 0.3 is 11.9 Å². The summed E-state index contributed by atoms with van der Waals surface area (Å²) in [6.07, 6.45) is 4.81. The SMILES string of the molecule is C=C[C@@H](C)[C@H](C/C=C/C(=O)OC(C)(C)C)OC(=O)[C@H](CC(C)C)O[Si](C)(C)C(C)(C)C. The van der Waals surface area contributed by atoms with Gasteiger partial charge < -0.3 is 13.9 Å². The molecule has 0 unspecified atom stereocenters. The quantitative estimate of drug-likeness (QED) is 0.155. The van der Waals surface area contributed by atoms with E-state index >= 15 is 0 Å². The molecule has 0 fully saturated rings. The first-order chi connectivity index (χ1) is 13.9. The van der Waals surface area contributed by atoms with Crippen molar-refractivity contribution in [2.75, 3.05) is 0 Å². The standard InChI is InChI=1S/C25H46O5Si/c1-13-19(4)20(15-14-16-22(26)29-24(5,6)7)28-23(27)21(17-18(2)3)30-31(11,12)25(8,9)10/h13-14,16,18-21H,1,15,17H2,2-12H3/b16-14+/t19-,20+,21+/m1/s1. The zero-order valence-corrected chi connectivity index (χ0v) is 22.7. The second-order valence-corrected chi connectivity index (χ2v) is 16.0. The molecule has 31 heavy (non-hydrogen) atoms. The van der Waals surface area contributed by atoms with Crippen LogP contribution in [0.15, 0.2) is 24.8 Å². The van der Waals surface area contributed by atoms with Crippen LogP contribution in [0.2, 0.25) is 18.1 Å². The second kappa shape index (κ2) is 12.0. The molecule has 0 aliphatic rings. The van der Waals surface area contributed by atoms with Crippen molar-refractivity contribution in [3.05, 3.63) is 24.8 Å². The molecule has 6 heteroatoms. The Bertz CT molecular complexity index is 623. The van der Waals surface area contributed by atoms with Gasteiger partial charge in [-0.2, -0.15) is 0 Å². The van der Waals surface area contributed by atoms with E-state index < -0.39 is 32.1 Å². The Morgan fingerprint density at radius 2 is 1.58 bits per heavy atom. The molecule has 0 spiro atoms. The third kappa shape index (κ3) is 11.7. The van der Waals surface area contributed by atoms with E-state index in [2.05, 4.69) is 54.3 Å². The van der Waals surface area contributed by atoms with E-state index in [4.69, 9.17) is 13.9 Å². The first-order valence-corrected chi connectivity index (χ1v) is 14.2. The van der Waals surface area contributed by atoms with Crippen molar-refractivity contribution in [2.45, 2.75) is 111 Å². The summed E-state index contributed by atoms with van der Waals surface area (Å²) in [4.78, 5) is 25.1. The summed E-state index contributed by atoms with van der Waals surface area (Å²) in [7, 11) is -2.14. The van der Waals surface area contributed by atoms with Gasteiger partial charge in [0.2, 0.25) is 0 Å². The normalized spacial score (nSPS) is 16.1. The van der Waals surface area contributed by atoms with Crippen LogP contribution in [0.25, 0.3) is 0 Å². The average molecular weight is 455 g/mol. The fourth-order valence-electron chi connectivity index (χ4n) is 2.53. The Morgan fingerprint density at radius 1 is 1.03 bits per heavy atom. The lowest BCUT2D eigenvalue weighted by atomic mass is 10.0. The molecule has 0 bridgehead atoms. The largest absolute Gasteiger partial charge is 0.460 e. The van der Waals surface area contributed by atoms with Crippen LogP contribution >= 0.6 is 0 Å². The van der Waals surface area contributed by atoms with Crippen molar-refractivity contribution in [3.63, 3.8) is 0 Å². The number of esters is 2. The molecule has 0 aromatic rings. The predicted octanol–water partition coefficient (Wildman–Crippen LogP) is 6.44. The minimum absolute atomic E-state index is 0.00747. The monoisotopic (exact) mass is 454 g/mol. The van der Waals surface area contributed by atoms with E-state index in [0.717, 1.165) is 0 Å². The maximum absolute atomic E-state index is 13.1. The zero-order valence-electron chi connectivity index (χ0n) is 21.7. The summed E-state index contributed by atoms with van der Waals surface area (Å²) in [5.41, 5.74) is -0.549. The number of carbonyl (C=O) groups is 2. The highest BCUT2D eigenvalue weighted by molar-refractivity contribution is 6.74. The van der Waals surface area contributed by atoms with Gasteiger partial charge in [-0.15, -0.1) is 6.58 Å². The van der Waals surface area contributed by atoms with Gasteiger partial charge in [0.25, 0.3) is 0 Å². The Balaban J connectivity index is 5.39. The Morgan fingerprint density at radius 3 is 2.00 bits per heavy atom. The number of hydrogen-bond acceptors (Lipinski definition) is 5. The van der Waals surface area contributed by atoms with Gasteiger partial charge in [-0.25, -0.2) is 9.59 Å². The molecule has 0 rings (SSSR count). The van der Waals surface area contributed by atoms with E-state index in [1.165, 1.54) is 6.08 Å². The smallest absolute Gasteiger partial charge is 0.334 e. The Kier molecular flexibility index (Phi) is 11.5. The zero-order chi connectivity index (χ0) is 24.6. The highest BCUT2D eigenvalue weighted by Crippen LogP contribution is 2.38. The average Bonchev–Trinajstić information content (AvgIpc) is 2.56. The van der Waals surface area contributed by atoms with Crippen LogP contribution in [0.5, 0.6) is 0 Å². The van der Waals surface area contributed by atoms with Gasteiger partial charge in [-0.05, 0) is 51.2 Å². The lowest BCUT2D eigenvalue weighted by molar-refractivity contribution is -0.160. The predicted molar refractivity (Wildman–Crippen MR) is 130 cm³/mol. The van der Waals surface area contributed by atoms with E-state index in [1.807, 2.05) is 27.7 Å². The van der Waals surface area contributed by atoms with E-state index in [-0.39, 0.29) is 16.9 Å². The molecular formula is C25H46O5Si. The molecule has 0 saturated carbocycles. The molecule has 0 radical (unpaired) electrons. The molecule has 3 atom stereocenters. The van der Waals surface area contributed by atoms with E-state index in [9.17, 15) is 9.59 Å². The van der Waals surface area contributed by atoms with E-state index in [0.29, 0.717) is 18.8 Å². The van der Waals surface area contributed by atoms with Crippen molar-refractivity contribution < 1.29 is 23.5 Å². The lowest BCUT2D eigenvalue weighted by Crippen LogP contribution is -2.47. The summed E-state index contributed by atoms with van der Waals surface area (Å²) in [5, 5.41) is -0.00747. The molecule has 0 N–H and O–H groups in total. The second-order valence-electron chi connectivity index (χ2n) is 11.2. The fourth-order valence-corrected chi connectivity index (χ4v) is 3.79. The highest BCUT2D eigenvalue weighted by Gasteiger charge is 2.41. The van der Waals surface area contributed by atoms with Gasteiger partial charge in [0.05, 0.1) is 0 Å². The molecule has 0 heterocycles. The van der Waals surface area contributed by atoms with Crippen molar-refractivity contribution >= 4 is 20.3 Å².